The lowest BCUT2D eigenvalue weighted by molar-refractivity contribution is 0.413. The van der Waals surface area contributed by atoms with Crippen molar-refractivity contribution in [3.63, 3.8) is 0 Å². The van der Waals surface area contributed by atoms with Crippen molar-refractivity contribution in [2.75, 3.05) is 43.5 Å². The van der Waals surface area contributed by atoms with E-state index in [2.05, 4.69) is 64.9 Å². The summed E-state index contributed by atoms with van der Waals surface area (Å²) in [6, 6.07) is 17.1. The molecule has 4 heteroatoms. The normalized spacial score (nSPS) is 16.0. The lowest BCUT2D eigenvalue weighted by atomic mass is 10.1. The van der Waals surface area contributed by atoms with Gasteiger partial charge < -0.3 is 20.3 Å². The highest BCUT2D eigenvalue weighted by atomic mass is 16.5. The molecule has 23 heavy (non-hydrogen) atoms. The van der Waals surface area contributed by atoms with E-state index in [0.29, 0.717) is 0 Å². The Morgan fingerprint density at radius 1 is 1.09 bits per heavy atom. The van der Waals surface area contributed by atoms with Crippen molar-refractivity contribution >= 4 is 11.4 Å². The summed E-state index contributed by atoms with van der Waals surface area (Å²) in [5.41, 5.74) is 3.57. The molecule has 1 aliphatic heterocycles. The zero-order valence-corrected chi connectivity index (χ0v) is 13.9. The first-order valence-corrected chi connectivity index (χ1v) is 8.23. The molecular weight excluding hydrogens is 286 g/mol. The third-order valence-electron chi connectivity index (χ3n) is 4.32. The molecule has 0 amide bonds. The Hall–Kier alpha value is -2.20. The highest BCUT2D eigenvalue weighted by Crippen LogP contribution is 2.32. The number of ether oxygens (including phenoxy) is 1. The average Bonchev–Trinajstić information content (AvgIpc) is 2.63. The minimum atomic E-state index is 0.264. The summed E-state index contributed by atoms with van der Waals surface area (Å²) in [5, 5.41) is 6.98. The van der Waals surface area contributed by atoms with Crippen LogP contribution in [0.25, 0.3) is 0 Å². The number of methoxy groups -OCH3 is 1. The first-order valence-electron chi connectivity index (χ1n) is 8.23. The Kier molecular flexibility index (Phi) is 5.03. The SMILES string of the molecule is COc1ccc(NC(C)c2ccccc2)cc1N1CCNCC1. The molecule has 0 bridgehead atoms. The number of rotatable bonds is 5. The van der Waals surface area contributed by atoms with Crippen molar-refractivity contribution in [3.05, 3.63) is 54.1 Å². The zero-order valence-electron chi connectivity index (χ0n) is 13.9. The Bertz CT molecular complexity index is 624. The minimum Gasteiger partial charge on any atom is -0.495 e. The molecule has 0 aromatic heterocycles. The highest BCUT2D eigenvalue weighted by molar-refractivity contribution is 5.67. The summed E-state index contributed by atoms with van der Waals surface area (Å²) in [7, 11) is 1.74. The molecule has 2 aromatic carbocycles. The van der Waals surface area contributed by atoms with Crippen LogP contribution in [-0.2, 0) is 0 Å². The first-order chi connectivity index (χ1) is 11.3. The Labute approximate surface area is 138 Å². The van der Waals surface area contributed by atoms with Crippen LogP contribution >= 0.6 is 0 Å². The van der Waals surface area contributed by atoms with Gasteiger partial charge in [0.2, 0.25) is 0 Å². The van der Waals surface area contributed by atoms with E-state index in [9.17, 15) is 0 Å². The maximum Gasteiger partial charge on any atom is 0.142 e. The maximum atomic E-state index is 5.55. The Balaban J connectivity index is 1.80. The van der Waals surface area contributed by atoms with Gasteiger partial charge in [0, 0.05) is 37.9 Å². The molecule has 1 unspecified atom stereocenters. The first kappa shape index (κ1) is 15.7. The van der Waals surface area contributed by atoms with Crippen molar-refractivity contribution in [1.29, 1.82) is 0 Å². The molecule has 122 valence electrons. The molecule has 0 aliphatic carbocycles. The van der Waals surface area contributed by atoms with Gasteiger partial charge in [-0.05, 0) is 30.7 Å². The Morgan fingerprint density at radius 2 is 1.83 bits per heavy atom. The fourth-order valence-electron chi connectivity index (χ4n) is 3.01. The second-order valence-corrected chi connectivity index (χ2v) is 5.90. The van der Waals surface area contributed by atoms with Crippen LogP contribution in [0.2, 0.25) is 0 Å². The van der Waals surface area contributed by atoms with Gasteiger partial charge in [-0.2, -0.15) is 0 Å². The molecule has 1 aliphatic rings. The van der Waals surface area contributed by atoms with E-state index in [4.69, 9.17) is 4.74 Å². The van der Waals surface area contributed by atoms with Crippen LogP contribution in [-0.4, -0.2) is 33.3 Å². The molecular formula is C19H25N3O. The summed E-state index contributed by atoms with van der Waals surface area (Å²) in [6.07, 6.45) is 0. The summed E-state index contributed by atoms with van der Waals surface area (Å²) >= 11 is 0. The van der Waals surface area contributed by atoms with Crippen molar-refractivity contribution < 1.29 is 4.74 Å². The molecule has 1 fully saturated rings. The number of piperazine rings is 1. The molecule has 3 rings (SSSR count). The quantitative estimate of drug-likeness (QED) is 0.888. The summed E-state index contributed by atoms with van der Waals surface area (Å²) in [6.45, 7) is 6.23. The molecule has 4 nitrogen and oxygen atoms in total. The van der Waals surface area contributed by atoms with Crippen LogP contribution in [0.4, 0.5) is 11.4 Å². The number of benzene rings is 2. The second kappa shape index (κ2) is 7.38. The van der Waals surface area contributed by atoms with Gasteiger partial charge in [-0.15, -0.1) is 0 Å². The molecule has 1 atom stereocenters. The smallest absolute Gasteiger partial charge is 0.142 e. The standard InChI is InChI=1S/C19H25N3O/c1-15(16-6-4-3-5-7-16)21-17-8-9-19(23-2)18(14-17)22-12-10-20-11-13-22/h3-9,14-15,20-21H,10-13H2,1-2H3. The van der Waals surface area contributed by atoms with Crippen LogP contribution < -0.4 is 20.3 Å². The molecule has 2 N–H and O–H groups in total. The van der Waals surface area contributed by atoms with Crippen LogP contribution in [0.3, 0.4) is 0 Å². The summed E-state index contributed by atoms with van der Waals surface area (Å²) in [4.78, 5) is 2.38. The lowest BCUT2D eigenvalue weighted by Crippen LogP contribution is -2.43. The van der Waals surface area contributed by atoms with Gasteiger partial charge in [0.25, 0.3) is 0 Å². The van der Waals surface area contributed by atoms with E-state index in [0.717, 1.165) is 37.6 Å². The van der Waals surface area contributed by atoms with Gasteiger partial charge in [-0.3, -0.25) is 0 Å². The predicted molar refractivity (Wildman–Crippen MR) is 96.6 cm³/mol. The number of hydrogen-bond donors (Lipinski definition) is 2. The van der Waals surface area contributed by atoms with Crippen molar-refractivity contribution in [2.45, 2.75) is 13.0 Å². The summed E-state index contributed by atoms with van der Waals surface area (Å²) < 4.78 is 5.55. The lowest BCUT2D eigenvalue weighted by Gasteiger charge is -2.31. The monoisotopic (exact) mass is 311 g/mol. The van der Waals surface area contributed by atoms with Crippen LogP contribution in [0.5, 0.6) is 5.75 Å². The van der Waals surface area contributed by atoms with E-state index in [1.807, 2.05) is 6.07 Å². The van der Waals surface area contributed by atoms with Crippen LogP contribution in [0, 0.1) is 0 Å². The van der Waals surface area contributed by atoms with E-state index < -0.39 is 0 Å². The third-order valence-corrected chi connectivity index (χ3v) is 4.32. The van der Waals surface area contributed by atoms with Gasteiger partial charge in [0.15, 0.2) is 0 Å². The van der Waals surface area contributed by atoms with Crippen molar-refractivity contribution in [3.8, 4) is 5.75 Å². The van der Waals surface area contributed by atoms with Gasteiger partial charge in [0.1, 0.15) is 5.75 Å². The fraction of sp³-hybridized carbons (Fsp3) is 0.368. The van der Waals surface area contributed by atoms with Crippen LogP contribution in [0.1, 0.15) is 18.5 Å². The molecule has 1 heterocycles. The molecule has 0 saturated carbocycles. The minimum absolute atomic E-state index is 0.264. The van der Waals surface area contributed by atoms with Crippen LogP contribution in [0.15, 0.2) is 48.5 Å². The summed E-state index contributed by atoms with van der Waals surface area (Å²) in [5.74, 6) is 0.935. The maximum absolute atomic E-state index is 5.55. The van der Waals surface area contributed by atoms with Crippen molar-refractivity contribution in [2.24, 2.45) is 0 Å². The van der Waals surface area contributed by atoms with Crippen molar-refractivity contribution in [1.82, 2.24) is 5.32 Å². The number of anilines is 2. The van der Waals surface area contributed by atoms with E-state index in [-0.39, 0.29) is 6.04 Å². The number of hydrogen-bond acceptors (Lipinski definition) is 4. The van der Waals surface area contributed by atoms with E-state index in [1.54, 1.807) is 7.11 Å². The Morgan fingerprint density at radius 3 is 2.52 bits per heavy atom. The van der Waals surface area contributed by atoms with Gasteiger partial charge >= 0.3 is 0 Å². The molecule has 0 radical (unpaired) electrons. The van der Waals surface area contributed by atoms with E-state index in [1.165, 1.54) is 11.3 Å². The molecule has 1 saturated heterocycles. The molecule has 0 spiro atoms. The highest BCUT2D eigenvalue weighted by Gasteiger charge is 2.16. The third kappa shape index (κ3) is 3.77. The van der Waals surface area contributed by atoms with Gasteiger partial charge in [-0.1, -0.05) is 30.3 Å². The number of nitrogens with zero attached hydrogens (tertiary/aromatic N) is 1. The zero-order chi connectivity index (χ0) is 16.1. The predicted octanol–water partition coefficient (Wildman–Crippen LogP) is 3.28. The number of nitrogens with one attached hydrogen (secondary N) is 2. The van der Waals surface area contributed by atoms with E-state index >= 15 is 0 Å². The van der Waals surface area contributed by atoms with Gasteiger partial charge in [-0.25, -0.2) is 0 Å². The fourth-order valence-corrected chi connectivity index (χ4v) is 3.01. The largest absolute Gasteiger partial charge is 0.495 e. The topological polar surface area (TPSA) is 36.5 Å². The second-order valence-electron chi connectivity index (χ2n) is 5.90. The molecule has 2 aromatic rings. The van der Waals surface area contributed by atoms with Gasteiger partial charge in [0.05, 0.1) is 12.8 Å². The average molecular weight is 311 g/mol.